The number of carbonyl (C=O) groups is 1. The number of likely N-dealkylation sites (N-methyl/N-ethyl adjacent to an activating group) is 1. The van der Waals surface area contributed by atoms with Crippen LogP contribution in [0.25, 0.3) is 0 Å². The van der Waals surface area contributed by atoms with E-state index in [0.717, 1.165) is 38.4 Å². The molecule has 0 saturated carbocycles. The van der Waals surface area contributed by atoms with Gasteiger partial charge in [-0.2, -0.15) is 4.37 Å². The Kier molecular flexibility index (Phi) is 9.36. The Hall–Kier alpha value is -0.980. The van der Waals surface area contributed by atoms with Crippen LogP contribution >= 0.6 is 11.5 Å². The standard InChI is InChI=1S/C15H25N3O2S.C2H6/c1-12(2)14-10-13(16-21-14)11-20-15(19)4-5-18-8-6-17(3)7-9-18;1-2/h10,12H,4-9,11H2,1-3H3;1-2H3. The summed E-state index contributed by atoms with van der Waals surface area (Å²) in [5.74, 6) is 0.345. The van der Waals surface area contributed by atoms with Gasteiger partial charge in [0.15, 0.2) is 0 Å². The second kappa shape index (κ2) is 10.7. The highest BCUT2D eigenvalue weighted by Crippen LogP contribution is 2.20. The second-order valence-corrected chi connectivity index (χ2v) is 6.77. The first kappa shape index (κ1) is 20.1. The summed E-state index contributed by atoms with van der Waals surface area (Å²) in [7, 11) is 2.13. The van der Waals surface area contributed by atoms with Crippen molar-refractivity contribution in [3.8, 4) is 0 Å². The van der Waals surface area contributed by atoms with Crippen molar-refractivity contribution >= 4 is 17.5 Å². The molecule has 1 aromatic heterocycles. The third-order valence-electron chi connectivity index (χ3n) is 3.76. The molecule has 5 nitrogen and oxygen atoms in total. The molecule has 0 atom stereocenters. The largest absolute Gasteiger partial charge is 0.459 e. The average Bonchev–Trinajstić information content (AvgIpc) is 3.03. The fraction of sp³-hybridized carbons (Fsp3) is 0.765. The lowest BCUT2D eigenvalue weighted by Gasteiger charge is -2.31. The van der Waals surface area contributed by atoms with E-state index in [0.29, 0.717) is 18.9 Å². The maximum Gasteiger partial charge on any atom is 0.307 e. The molecule has 0 N–H and O–H groups in total. The summed E-state index contributed by atoms with van der Waals surface area (Å²) in [6.45, 7) is 13.6. The van der Waals surface area contributed by atoms with Gasteiger partial charge in [-0.3, -0.25) is 4.79 Å². The van der Waals surface area contributed by atoms with Crippen LogP contribution in [0.2, 0.25) is 0 Å². The van der Waals surface area contributed by atoms with E-state index in [4.69, 9.17) is 4.74 Å². The van der Waals surface area contributed by atoms with Crippen LogP contribution in [0.3, 0.4) is 0 Å². The van der Waals surface area contributed by atoms with Crippen LogP contribution in [0.15, 0.2) is 6.07 Å². The molecule has 0 aromatic carbocycles. The minimum Gasteiger partial charge on any atom is -0.459 e. The Balaban J connectivity index is 0.00000127. The molecule has 0 spiro atoms. The molecule has 1 saturated heterocycles. The summed E-state index contributed by atoms with van der Waals surface area (Å²) in [5.41, 5.74) is 0.858. The van der Waals surface area contributed by atoms with Crippen molar-refractivity contribution in [1.29, 1.82) is 0 Å². The van der Waals surface area contributed by atoms with E-state index in [-0.39, 0.29) is 5.97 Å². The summed E-state index contributed by atoms with van der Waals surface area (Å²) < 4.78 is 9.62. The van der Waals surface area contributed by atoms with Crippen molar-refractivity contribution in [1.82, 2.24) is 14.2 Å². The van der Waals surface area contributed by atoms with E-state index in [1.807, 2.05) is 19.9 Å². The van der Waals surface area contributed by atoms with E-state index >= 15 is 0 Å². The zero-order valence-electron chi connectivity index (χ0n) is 15.2. The summed E-state index contributed by atoms with van der Waals surface area (Å²) in [4.78, 5) is 17.6. The quantitative estimate of drug-likeness (QED) is 0.745. The lowest BCUT2D eigenvalue weighted by molar-refractivity contribution is -0.145. The number of hydrogen-bond donors (Lipinski definition) is 0. The molecule has 0 amide bonds. The van der Waals surface area contributed by atoms with Crippen molar-refractivity contribution in [3.05, 3.63) is 16.6 Å². The third kappa shape index (κ3) is 7.42. The molecule has 132 valence electrons. The molecule has 2 heterocycles. The maximum absolute atomic E-state index is 11.8. The van der Waals surface area contributed by atoms with Crippen molar-refractivity contribution in [2.75, 3.05) is 39.8 Å². The first-order valence-electron chi connectivity index (χ1n) is 8.56. The minimum absolute atomic E-state index is 0.131. The molecule has 2 rings (SSSR count). The molecule has 1 aromatic rings. The average molecular weight is 342 g/mol. The Morgan fingerprint density at radius 3 is 2.52 bits per heavy atom. The van der Waals surface area contributed by atoms with E-state index in [1.165, 1.54) is 16.4 Å². The van der Waals surface area contributed by atoms with Crippen LogP contribution in [0.4, 0.5) is 0 Å². The first-order valence-corrected chi connectivity index (χ1v) is 9.34. The molecule has 1 fully saturated rings. The van der Waals surface area contributed by atoms with Crippen LogP contribution in [-0.4, -0.2) is 59.9 Å². The molecule has 0 bridgehead atoms. The Morgan fingerprint density at radius 1 is 1.30 bits per heavy atom. The molecule has 1 aliphatic rings. The lowest BCUT2D eigenvalue weighted by Crippen LogP contribution is -2.45. The number of nitrogens with zero attached hydrogens (tertiary/aromatic N) is 3. The van der Waals surface area contributed by atoms with Gasteiger partial charge in [-0.15, -0.1) is 0 Å². The van der Waals surface area contributed by atoms with E-state index in [1.54, 1.807) is 0 Å². The highest BCUT2D eigenvalue weighted by atomic mass is 32.1. The molecule has 0 radical (unpaired) electrons. The Morgan fingerprint density at radius 2 is 1.96 bits per heavy atom. The van der Waals surface area contributed by atoms with Gasteiger partial charge >= 0.3 is 5.97 Å². The fourth-order valence-electron chi connectivity index (χ4n) is 2.22. The number of carbonyl (C=O) groups excluding carboxylic acids is 1. The molecule has 0 aliphatic carbocycles. The Bertz CT molecular complexity index is 454. The van der Waals surface area contributed by atoms with Gasteiger partial charge in [0.2, 0.25) is 0 Å². The molecular weight excluding hydrogens is 310 g/mol. The molecule has 0 unspecified atom stereocenters. The lowest BCUT2D eigenvalue weighted by atomic mass is 10.2. The summed E-state index contributed by atoms with van der Waals surface area (Å²) in [5, 5.41) is 0. The van der Waals surface area contributed by atoms with Gasteiger partial charge in [0, 0.05) is 37.6 Å². The topological polar surface area (TPSA) is 45.7 Å². The number of aromatic nitrogens is 1. The van der Waals surface area contributed by atoms with Crippen LogP contribution in [-0.2, 0) is 16.1 Å². The van der Waals surface area contributed by atoms with Crippen molar-refractivity contribution in [2.45, 2.75) is 46.6 Å². The molecule has 23 heavy (non-hydrogen) atoms. The minimum atomic E-state index is -0.131. The van der Waals surface area contributed by atoms with Gasteiger partial charge in [0.05, 0.1) is 12.1 Å². The van der Waals surface area contributed by atoms with E-state index in [9.17, 15) is 4.79 Å². The number of piperazine rings is 1. The predicted molar refractivity (Wildman–Crippen MR) is 95.9 cm³/mol. The zero-order valence-corrected chi connectivity index (χ0v) is 16.0. The monoisotopic (exact) mass is 341 g/mol. The number of rotatable bonds is 6. The maximum atomic E-state index is 11.8. The van der Waals surface area contributed by atoms with Crippen LogP contribution in [0.5, 0.6) is 0 Å². The first-order chi connectivity index (χ1) is 11.0. The normalized spacial score (nSPS) is 16.1. The van der Waals surface area contributed by atoms with Gasteiger partial charge in [-0.1, -0.05) is 27.7 Å². The van der Waals surface area contributed by atoms with Gasteiger partial charge in [0.1, 0.15) is 6.61 Å². The van der Waals surface area contributed by atoms with Gasteiger partial charge in [-0.25, -0.2) is 0 Å². The molecule has 6 heteroatoms. The van der Waals surface area contributed by atoms with E-state index in [2.05, 4.69) is 35.1 Å². The summed E-state index contributed by atoms with van der Waals surface area (Å²) >= 11 is 1.49. The summed E-state index contributed by atoms with van der Waals surface area (Å²) in [6.07, 6.45) is 0.463. The van der Waals surface area contributed by atoms with Gasteiger partial charge in [0.25, 0.3) is 0 Å². The van der Waals surface area contributed by atoms with Gasteiger partial charge in [-0.05, 0) is 30.6 Å². The highest BCUT2D eigenvalue weighted by molar-refractivity contribution is 7.05. The zero-order chi connectivity index (χ0) is 17.2. The van der Waals surface area contributed by atoms with Crippen molar-refractivity contribution in [3.63, 3.8) is 0 Å². The van der Waals surface area contributed by atoms with Crippen molar-refractivity contribution < 1.29 is 9.53 Å². The van der Waals surface area contributed by atoms with Crippen LogP contribution in [0.1, 0.15) is 50.6 Å². The predicted octanol–water partition coefficient (Wildman–Crippen LogP) is 2.97. The molecular formula is C17H31N3O2S. The fourth-order valence-corrected chi connectivity index (χ4v) is 2.94. The summed E-state index contributed by atoms with van der Waals surface area (Å²) in [6, 6.07) is 2.03. The smallest absolute Gasteiger partial charge is 0.307 e. The van der Waals surface area contributed by atoms with Crippen molar-refractivity contribution in [2.24, 2.45) is 0 Å². The third-order valence-corrected chi connectivity index (χ3v) is 4.88. The van der Waals surface area contributed by atoms with Crippen LogP contribution < -0.4 is 0 Å². The number of ether oxygens (including phenoxy) is 1. The number of esters is 1. The number of hydrogen-bond acceptors (Lipinski definition) is 6. The van der Waals surface area contributed by atoms with E-state index < -0.39 is 0 Å². The molecule has 1 aliphatic heterocycles. The second-order valence-electron chi connectivity index (χ2n) is 5.93. The van der Waals surface area contributed by atoms with Gasteiger partial charge < -0.3 is 14.5 Å². The Labute approximate surface area is 144 Å². The highest BCUT2D eigenvalue weighted by Gasteiger charge is 2.15. The van der Waals surface area contributed by atoms with Crippen LogP contribution in [0, 0.1) is 0 Å². The SMILES string of the molecule is CC.CC(C)c1cc(COC(=O)CCN2CCN(C)CC2)ns1.